The van der Waals surface area contributed by atoms with Crippen LogP contribution in [0, 0.1) is 25.2 Å². The van der Waals surface area contributed by atoms with Crippen molar-refractivity contribution in [2.75, 3.05) is 24.6 Å². The summed E-state index contributed by atoms with van der Waals surface area (Å²) < 4.78 is 6.42. The van der Waals surface area contributed by atoms with E-state index < -0.39 is 0 Å². The molecular formula is C23H22BrN3O2S. The molecule has 1 saturated heterocycles. The number of thioether (sulfide) groups is 1. The number of benzene rings is 2. The third kappa shape index (κ3) is 3.70. The Morgan fingerprint density at radius 1 is 1.20 bits per heavy atom. The maximum Gasteiger partial charge on any atom is 0.229 e. The van der Waals surface area contributed by atoms with E-state index in [0.29, 0.717) is 23.9 Å². The molecule has 0 N–H and O–H groups in total. The van der Waals surface area contributed by atoms with Crippen LogP contribution in [0.3, 0.4) is 0 Å². The number of fused-ring (bicyclic) bond motifs is 1. The molecule has 0 radical (unpaired) electrons. The molecule has 2 heterocycles. The van der Waals surface area contributed by atoms with Gasteiger partial charge in [0.15, 0.2) is 0 Å². The van der Waals surface area contributed by atoms with E-state index in [1.165, 1.54) is 11.1 Å². The number of aryl methyl sites for hydroxylation is 2. The Balaban J connectivity index is 1.70. The molecule has 1 atom stereocenters. The summed E-state index contributed by atoms with van der Waals surface area (Å²) in [7, 11) is 1.61. The summed E-state index contributed by atoms with van der Waals surface area (Å²) in [6.45, 7) is 4.64. The molecule has 0 spiro atoms. The zero-order valence-corrected chi connectivity index (χ0v) is 19.5. The number of hydrogen-bond acceptors (Lipinski definition) is 5. The van der Waals surface area contributed by atoms with E-state index in [4.69, 9.17) is 4.74 Å². The second-order valence-corrected chi connectivity index (χ2v) is 9.37. The molecule has 2 aromatic rings. The highest BCUT2D eigenvalue weighted by Crippen LogP contribution is 2.45. The molecule has 0 saturated carbocycles. The topological polar surface area (TPSA) is 56.6 Å². The van der Waals surface area contributed by atoms with E-state index in [1.807, 2.05) is 18.2 Å². The average molecular weight is 484 g/mol. The molecule has 1 amide bonds. The van der Waals surface area contributed by atoms with Gasteiger partial charge in [0.25, 0.3) is 0 Å². The van der Waals surface area contributed by atoms with Crippen molar-refractivity contribution in [3.05, 3.63) is 68.2 Å². The van der Waals surface area contributed by atoms with Gasteiger partial charge in [0.05, 0.1) is 36.3 Å². The van der Waals surface area contributed by atoms with E-state index in [-0.39, 0.29) is 18.2 Å². The van der Waals surface area contributed by atoms with Gasteiger partial charge in [-0.1, -0.05) is 33.8 Å². The monoisotopic (exact) mass is 483 g/mol. The second kappa shape index (κ2) is 8.37. The Morgan fingerprint density at radius 2 is 2.00 bits per heavy atom. The number of nitriles is 1. The molecule has 7 heteroatoms. The average Bonchev–Trinajstić information content (AvgIpc) is 2.75. The van der Waals surface area contributed by atoms with Crippen molar-refractivity contribution in [1.82, 2.24) is 4.90 Å². The lowest BCUT2D eigenvalue weighted by Crippen LogP contribution is -2.47. The smallest absolute Gasteiger partial charge is 0.229 e. The number of rotatable bonds is 3. The predicted molar refractivity (Wildman–Crippen MR) is 123 cm³/mol. The number of carbonyl (C=O) groups excluding carboxylic acids is 1. The molecule has 0 aliphatic carbocycles. The van der Waals surface area contributed by atoms with Crippen molar-refractivity contribution in [3.8, 4) is 11.8 Å². The third-order valence-electron chi connectivity index (χ3n) is 5.72. The molecule has 30 heavy (non-hydrogen) atoms. The van der Waals surface area contributed by atoms with Crippen LogP contribution in [0.4, 0.5) is 5.69 Å². The lowest BCUT2D eigenvalue weighted by atomic mass is 9.86. The minimum absolute atomic E-state index is 0.0251. The fourth-order valence-electron chi connectivity index (χ4n) is 3.89. The van der Waals surface area contributed by atoms with E-state index in [9.17, 15) is 10.1 Å². The maximum atomic E-state index is 13.1. The molecule has 1 fully saturated rings. The minimum Gasteiger partial charge on any atom is -0.496 e. The summed E-state index contributed by atoms with van der Waals surface area (Å²) in [6.07, 6.45) is 0.251. The van der Waals surface area contributed by atoms with E-state index in [1.54, 1.807) is 23.8 Å². The first-order chi connectivity index (χ1) is 14.4. The van der Waals surface area contributed by atoms with E-state index in [2.05, 4.69) is 58.9 Å². The summed E-state index contributed by atoms with van der Waals surface area (Å²) in [5, 5.41) is 10.8. The van der Waals surface area contributed by atoms with Gasteiger partial charge in [-0.05, 0) is 55.3 Å². The Hall–Kier alpha value is -2.43. The van der Waals surface area contributed by atoms with Crippen LogP contribution >= 0.6 is 27.7 Å². The van der Waals surface area contributed by atoms with Crippen LogP contribution in [0.25, 0.3) is 0 Å². The number of nitrogens with zero attached hydrogens (tertiary/aromatic N) is 3. The Bertz CT molecular complexity index is 1090. The summed E-state index contributed by atoms with van der Waals surface area (Å²) in [4.78, 5) is 17.1. The Morgan fingerprint density at radius 3 is 2.70 bits per heavy atom. The summed E-state index contributed by atoms with van der Waals surface area (Å²) in [5.74, 6) is 1.10. The van der Waals surface area contributed by atoms with Crippen LogP contribution in [0.2, 0.25) is 0 Å². The summed E-state index contributed by atoms with van der Waals surface area (Å²) in [5.41, 5.74) is 5.06. The maximum absolute atomic E-state index is 13.1. The Labute approximate surface area is 189 Å². The highest BCUT2D eigenvalue weighted by Gasteiger charge is 2.39. The number of methoxy groups -OCH3 is 1. The lowest BCUT2D eigenvalue weighted by Gasteiger charge is -2.42. The number of hydrogen-bond donors (Lipinski definition) is 0. The third-order valence-corrected chi connectivity index (χ3v) is 7.36. The first-order valence-corrected chi connectivity index (χ1v) is 11.4. The van der Waals surface area contributed by atoms with Crippen LogP contribution in [0.5, 0.6) is 5.75 Å². The molecule has 2 aliphatic heterocycles. The van der Waals surface area contributed by atoms with Gasteiger partial charge in [0.2, 0.25) is 5.91 Å². The first-order valence-electron chi connectivity index (χ1n) is 9.66. The lowest BCUT2D eigenvalue weighted by molar-refractivity contribution is -0.129. The molecule has 0 aromatic heterocycles. The number of carbonyl (C=O) groups is 1. The van der Waals surface area contributed by atoms with Gasteiger partial charge in [0, 0.05) is 28.1 Å². The zero-order valence-electron chi connectivity index (χ0n) is 17.1. The number of halogens is 1. The van der Waals surface area contributed by atoms with Crippen molar-refractivity contribution < 1.29 is 9.53 Å². The zero-order chi connectivity index (χ0) is 21.4. The van der Waals surface area contributed by atoms with Crippen molar-refractivity contribution in [2.24, 2.45) is 0 Å². The van der Waals surface area contributed by atoms with Gasteiger partial charge in [-0.3, -0.25) is 9.69 Å². The number of allylic oxidation sites excluding steroid dienone is 1. The normalized spacial score (nSPS) is 18.9. The van der Waals surface area contributed by atoms with Gasteiger partial charge >= 0.3 is 0 Å². The van der Waals surface area contributed by atoms with Crippen LogP contribution in [0.1, 0.15) is 29.0 Å². The van der Waals surface area contributed by atoms with Crippen LogP contribution in [-0.2, 0) is 4.79 Å². The summed E-state index contributed by atoms with van der Waals surface area (Å²) >= 11 is 5.05. The standard InChI is InChI=1S/C23H22BrN3O2S/c1-14-4-6-17(8-15(14)2)26-12-27-22(28)10-18(20(11-25)23(27)30-13-26)19-9-16(24)5-7-21(19)29-3/h4-9,18H,10,12-13H2,1-3H3/t18-/m1/s1. The minimum atomic E-state index is -0.304. The second-order valence-electron chi connectivity index (χ2n) is 7.52. The van der Waals surface area contributed by atoms with Crippen molar-refractivity contribution in [2.45, 2.75) is 26.2 Å². The fourth-order valence-corrected chi connectivity index (χ4v) is 5.44. The van der Waals surface area contributed by atoms with Gasteiger partial charge in [-0.15, -0.1) is 0 Å². The molecule has 2 aliphatic rings. The van der Waals surface area contributed by atoms with Gasteiger partial charge in [-0.25, -0.2) is 0 Å². The molecule has 2 aromatic carbocycles. The SMILES string of the molecule is COc1ccc(Br)cc1[C@H]1CC(=O)N2CN(c3ccc(C)c(C)c3)CSC2=C1C#N. The van der Waals surface area contributed by atoms with Crippen molar-refractivity contribution in [3.63, 3.8) is 0 Å². The van der Waals surface area contributed by atoms with Crippen molar-refractivity contribution in [1.29, 1.82) is 5.26 Å². The largest absolute Gasteiger partial charge is 0.496 e. The molecule has 4 rings (SSSR count). The molecule has 0 bridgehead atoms. The van der Waals surface area contributed by atoms with Crippen molar-refractivity contribution >= 4 is 39.3 Å². The Kier molecular flexibility index (Phi) is 5.81. The molecular weight excluding hydrogens is 462 g/mol. The number of ether oxygens (including phenoxy) is 1. The first kappa shape index (κ1) is 20.8. The van der Waals surface area contributed by atoms with E-state index >= 15 is 0 Å². The van der Waals surface area contributed by atoms with Crippen LogP contribution < -0.4 is 9.64 Å². The van der Waals surface area contributed by atoms with E-state index in [0.717, 1.165) is 20.8 Å². The molecule has 0 unspecified atom stereocenters. The fraction of sp³-hybridized carbons (Fsp3) is 0.304. The van der Waals surface area contributed by atoms with Crippen LogP contribution in [0.15, 0.2) is 51.5 Å². The highest BCUT2D eigenvalue weighted by atomic mass is 79.9. The van der Waals surface area contributed by atoms with Gasteiger partial charge < -0.3 is 9.64 Å². The summed E-state index contributed by atoms with van der Waals surface area (Å²) in [6, 6.07) is 14.4. The quantitative estimate of drug-likeness (QED) is 0.593. The van der Waals surface area contributed by atoms with Gasteiger partial charge in [0.1, 0.15) is 5.75 Å². The number of amides is 1. The van der Waals surface area contributed by atoms with Crippen LogP contribution in [-0.4, -0.2) is 30.5 Å². The van der Waals surface area contributed by atoms with Gasteiger partial charge in [-0.2, -0.15) is 5.26 Å². The molecule has 5 nitrogen and oxygen atoms in total. The predicted octanol–water partition coefficient (Wildman–Crippen LogP) is 5.29. The number of anilines is 1. The molecule has 154 valence electrons. The highest BCUT2D eigenvalue weighted by molar-refractivity contribution is 9.10.